The highest BCUT2D eigenvalue weighted by molar-refractivity contribution is 6.04. The Labute approximate surface area is 165 Å². The fourth-order valence-corrected chi connectivity index (χ4v) is 4.49. The standard InChI is InChI=1S/C22H19N5O2/c28-22-18-19-21(25-17-10-4-3-9-16(17)24-19)27(14-6-1-2-7-14)20(18)23-13-26(22)12-15-8-5-11-29-15/h3-5,8-11,13-14H,1-2,6-7,12H2. The van der Waals surface area contributed by atoms with Gasteiger partial charge in [-0.2, -0.15) is 0 Å². The van der Waals surface area contributed by atoms with Gasteiger partial charge in [0.15, 0.2) is 11.3 Å². The number of nitrogens with zero attached hydrogens (tertiary/aromatic N) is 5. The maximum absolute atomic E-state index is 13.4. The Kier molecular flexibility index (Phi) is 3.56. The zero-order valence-electron chi connectivity index (χ0n) is 15.8. The molecule has 0 bridgehead atoms. The van der Waals surface area contributed by atoms with Crippen LogP contribution in [-0.4, -0.2) is 24.1 Å². The summed E-state index contributed by atoms with van der Waals surface area (Å²) in [6.45, 7) is 0.339. The van der Waals surface area contributed by atoms with Crippen LogP contribution in [0.1, 0.15) is 37.5 Å². The first kappa shape index (κ1) is 16.5. The Morgan fingerprint density at radius 2 is 1.79 bits per heavy atom. The molecule has 5 aromatic rings. The van der Waals surface area contributed by atoms with Crippen molar-refractivity contribution in [3.63, 3.8) is 0 Å². The highest BCUT2D eigenvalue weighted by Gasteiger charge is 2.26. The fraction of sp³-hybridized carbons (Fsp3) is 0.273. The second kappa shape index (κ2) is 6.27. The van der Waals surface area contributed by atoms with Gasteiger partial charge in [-0.05, 0) is 37.1 Å². The summed E-state index contributed by atoms with van der Waals surface area (Å²) in [7, 11) is 0. The molecule has 0 aliphatic heterocycles. The number of para-hydroxylation sites is 2. The minimum absolute atomic E-state index is 0.113. The van der Waals surface area contributed by atoms with E-state index in [1.807, 2.05) is 36.4 Å². The van der Waals surface area contributed by atoms with Crippen molar-refractivity contribution in [2.24, 2.45) is 0 Å². The quantitative estimate of drug-likeness (QED) is 0.468. The van der Waals surface area contributed by atoms with E-state index >= 15 is 0 Å². The molecule has 1 aliphatic carbocycles. The van der Waals surface area contributed by atoms with Gasteiger partial charge in [-0.1, -0.05) is 25.0 Å². The average molecular weight is 385 g/mol. The molecule has 0 radical (unpaired) electrons. The molecule has 6 rings (SSSR count). The molecule has 144 valence electrons. The molecule has 7 nitrogen and oxygen atoms in total. The molecule has 4 aromatic heterocycles. The summed E-state index contributed by atoms with van der Waals surface area (Å²) in [6.07, 6.45) is 7.73. The van der Waals surface area contributed by atoms with E-state index in [0.717, 1.165) is 29.5 Å². The van der Waals surface area contributed by atoms with Crippen LogP contribution in [0.15, 0.2) is 58.2 Å². The second-order valence-corrected chi connectivity index (χ2v) is 7.65. The van der Waals surface area contributed by atoms with Gasteiger partial charge >= 0.3 is 0 Å². The van der Waals surface area contributed by atoms with Gasteiger partial charge in [0, 0.05) is 6.04 Å². The normalized spacial score (nSPS) is 15.2. The highest BCUT2D eigenvalue weighted by atomic mass is 16.3. The first-order valence-electron chi connectivity index (χ1n) is 9.98. The molecular formula is C22H19N5O2. The predicted octanol–water partition coefficient (Wildman–Crippen LogP) is 4.05. The third-order valence-corrected chi connectivity index (χ3v) is 5.86. The summed E-state index contributed by atoms with van der Waals surface area (Å²) < 4.78 is 9.14. The van der Waals surface area contributed by atoms with Crippen LogP contribution >= 0.6 is 0 Å². The van der Waals surface area contributed by atoms with Gasteiger partial charge in [-0.25, -0.2) is 15.0 Å². The largest absolute Gasteiger partial charge is 0.467 e. The van der Waals surface area contributed by atoms with E-state index in [2.05, 4.69) is 4.57 Å². The topological polar surface area (TPSA) is 78.7 Å². The molecule has 1 fully saturated rings. The highest BCUT2D eigenvalue weighted by Crippen LogP contribution is 2.36. The van der Waals surface area contributed by atoms with Gasteiger partial charge in [0.2, 0.25) is 0 Å². The number of hydrogen-bond donors (Lipinski definition) is 0. The lowest BCUT2D eigenvalue weighted by atomic mass is 10.2. The molecule has 1 aliphatic rings. The Hall–Kier alpha value is -3.48. The van der Waals surface area contributed by atoms with Crippen LogP contribution in [0.25, 0.3) is 33.2 Å². The van der Waals surface area contributed by atoms with Crippen LogP contribution < -0.4 is 5.56 Å². The summed E-state index contributed by atoms with van der Waals surface area (Å²) in [5.41, 5.74) is 3.58. The third-order valence-electron chi connectivity index (χ3n) is 5.86. The van der Waals surface area contributed by atoms with Crippen molar-refractivity contribution in [3.8, 4) is 0 Å². The lowest BCUT2D eigenvalue weighted by Gasteiger charge is -2.13. The van der Waals surface area contributed by atoms with E-state index in [1.54, 1.807) is 17.2 Å². The molecule has 0 unspecified atom stereocenters. The summed E-state index contributed by atoms with van der Waals surface area (Å²) in [4.78, 5) is 27.9. The minimum atomic E-state index is -0.113. The van der Waals surface area contributed by atoms with Gasteiger partial charge in [-0.15, -0.1) is 0 Å². The molecule has 0 amide bonds. The number of benzene rings is 1. The average Bonchev–Trinajstić information content (AvgIpc) is 3.48. The molecule has 0 spiro atoms. The van der Waals surface area contributed by atoms with E-state index in [4.69, 9.17) is 19.4 Å². The van der Waals surface area contributed by atoms with Crippen LogP contribution in [0.2, 0.25) is 0 Å². The van der Waals surface area contributed by atoms with E-state index in [-0.39, 0.29) is 5.56 Å². The van der Waals surface area contributed by atoms with Crippen LogP contribution in [0, 0.1) is 0 Å². The van der Waals surface area contributed by atoms with E-state index < -0.39 is 0 Å². The van der Waals surface area contributed by atoms with Crippen LogP contribution in [-0.2, 0) is 6.54 Å². The van der Waals surface area contributed by atoms with E-state index in [9.17, 15) is 4.79 Å². The number of hydrogen-bond acceptors (Lipinski definition) is 5. The number of furan rings is 1. The van der Waals surface area contributed by atoms with Crippen molar-refractivity contribution in [1.82, 2.24) is 24.1 Å². The van der Waals surface area contributed by atoms with Gasteiger partial charge in [0.05, 0.1) is 23.8 Å². The monoisotopic (exact) mass is 385 g/mol. The summed E-state index contributed by atoms with van der Waals surface area (Å²) in [5, 5.41) is 0.541. The third kappa shape index (κ3) is 2.50. The van der Waals surface area contributed by atoms with Gasteiger partial charge in [0.1, 0.15) is 23.0 Å². The first-order chi connectivity index (χ1) is 14.3. The minimum Gasteiger partial charge on any atom is -0.467 e. The van der Waals surface area contributed by atoms with Crippen LogP contribution in [0.5, 0.6) is 0 Å². The smallest absolute Gasteiger partial charge is 0.265 e. The molecule has 0 atom stereocenters. The molecule has 0 saturated heterocycles. The molecule has 1 aromatic carbocycles. The maximum Gasteiger partial charge on any atom is 0.265 e. The molecule has 29 heavy (non-hydrogen) atoms. The van der Waals surface area contributed by atoms with Crippen molar-refractivity contribution in [1.29, 1.82) is 0 Å². The number of aromatic nitrogens is 5. The lowest BCUT2D eigenvalue weighted by molar-refractivity contribution is 0.488. The van der Waals surface area contributed by atoms with Crippen molar-refractivity contribution >= 4 is 33.2 Å². The van der Waals surface area contributed by atoms with Gasteiger partial charge in [0.25, 0.3) is 5.56 Å². The Bertz CT molecular complexity index is 1410. The molecule has 0 N–H and O–H groups in total. The van der Waals surface area contributed by atoms with E-state index in [1.165, 1.54) is 12.8 Å². The fourth-order valence-electron chi connectivity index (χ4n) is 4.49. The van der Waals surface area contributed by atoms with Crippen LogP contribution in [0.3, 0.4) is 0 Å². The van der Waals surface area contributed by atoms with Crippen molar-refractivity contribution in [2.45, 2.75) is 38.3 Å². The predicted molar refractivity (Wildman–Crippen MR) is 110 cm³/mol. The maximum atomic E-state index is 13.4. The van der Waals surface area contributed by atoms with Crippen molar-refractivity contribution in [2.75, 3.05) is 0 Å². The molecule has 4 heterocycles. The molecular weight excluding hydrogens is 366 g/mol. The van der Waals surface area contributed by atoms with Crippen LogP contribution in [0.4, 0.5) is 0 Å². The Morgan fingerprint density at radius 1 is 1.00 bits per heavy atom. The number of rotatable bonds is 3. The van der Waals surface area contributed by atoms with E-state index in [0.29, 0.717) is 34.9 Å². The molecule has 7 heteroatoms. The SMILES string of the molecule is O=c1c2c3nc4ccccc4nc3n(C3CCCC3)c2ncn1Cc1ccco1. The summed E-state index contributed by atoms with van der Waals surface area (Å²) in [5.74, 6) is 0.712. The van der Waals surface area contributed by atoms with Gasteiger partial charge < -0.3 is 8.98 Å². The zero-order chi connectivity index (χ0) is 19.4. The number of fused-ring (bicyclic) bond motifs is 4. The lowest BCUT2D eigenvalue weighted by Crippen LogP contribution is -2.21. The van der Waals surface area contributed by atoms with Crippen molar-refractivity contribution in [3.05, 3.63) is 65.1 Å². The van der Waals surface area contributed by atoms with Crippen molar-refractivity contribution < 1.29 is 4.42 Å². The zero-order valence-corrected chi connectivity index (χ0v) is 15.8. The van der Waals surface area contributed by atoms with Gasteiger partial charge in [-0.3, -0.25) is 9.36 Å². The first-order valence-corrected chi connectivity index (χ1v) is 9.98. The second-order valence-electron chi connectivity index (χ2n) is 7.65. The Balaban J connectivity index is 1.69. The molecule has 1 saturated carbocycles. The summed E-state index contributed by atoms with van der Waals surface area (Å²) >= 11 is 0. The Morgan fingerprint density at radius 3 is 2.55 bits per heavy atom. The summed E-state index contributed by atoms with van der Waals surface area (Å²) in [6, 6.07) is 11.8.